The number of unbranched alkanes of at least 4 members (excludes halogenated alkanes) is 1. The number of hydrogen-bond donors (Lipinski definition) is 3. The molecular weight excluding hydrogens is 240 g/mol. The van der Waals surface area contributed by atoms with Crippen molar-refractivity contribution in [1.82, 2.24) is 10.6 Å². The highest BCUT2D eigenvalue weighted by Crippen LogP contribution is 2.30. The first-order valence-electron chi connectivity index (χ1n) is 5.89. The summed E-state index contributed by atoms with van der Waals surface area (Å²) in [5, 5.41) is 15.0. The van der Waals surface area contributed by atoms with Crippen LogP contribution >= 0.6 is 11.8 Å². The zero-order valence-corrected chi connectivity index (χ0v) is 10.8. The second-order valence-electron chi connectivity index (χ2n) is 4.22. The molecule has 0 aliphatic carbocycles. The van der Waals surface area contributed by atoms with Gasteiger partial charge in [0.1, 0.15) is 0 Å². The van der Waals surface area contributed by atoms with Gasteiger partial charge in [-0.15, -0.1) is 0 Å². The Morgan fingerprint density at radius 1 is 1.53 bits per heavy atom. The second kappa shape index (κ2) is 7.55. The van der Waals surface area contributed by atoms with Crippen LogP contribution in [-0.2, 0) is 9.59 Å². The van der Waals surface area contributed by atoms with Crippen LogP contribution in [0.1, 0.15) is 25.7 Å². The van der Waals surface area contributed by atoms with Gasteiger partial charge in [0.05, 0.1) is 6.04 Å². The lowest BCUT2D eigenvalue weighted by atomic mass is 10.0. The number of amides is 1. The van der Waals surface area contributed by atoms with Gasteiger partial charge < -0.3 is 15.7 Å². The van der Waals surface area contributed by atoms with Gasteiger partial charge in [0.25, 0.3) is 0 Å². The Bertz CT molecular complexity index is 263. The number of carbonyl (C=O) groups excluding carboxylic acids is 1. The molecule has 1 amide bonds. The summed E-state index contributed by atoms with van der Waals surface area (Å²) < 4.78 is 0. The van der Waals surface area contributed by atoms with Crippen molar-refractivity contribution < 1.29 is 14.7 Å². The molecule has 0 aromatic rings. The monoisotopic (exact) mass is 260 g/mol. The number of nitrogens with one attached hydrogen (secondary N) is 2. The summed E-state index contributed by atoms with van der Waals surface area (Å²) in [4.78, 5) is 20.9. The van der Waals surface area contributed by atoms with Gasteiger partial charge in [0.2, 0.25) is 6.41 Å². The predicted molar refractivity (Wildman–Crippen MR) is 68.2 cm³/mol. The molecule has 0 aromatic heterocycles. The highest BCUT2D eigenvalue weighted by atomic mass is 32.2. The van der Waals surface area contributed by atoms with Crippen LogP contribution in [0.4, 0.5) is 0 Å². The van der Waals surface area contributed by atoms with Crippen LogP contribution in [0.2, 0.25) is 0 Å². The van der Waals surface area contributed by atoms with Gasteiger partial charge in [0.15, 0.2) is 0 Å². The minimum Gasteiger partial charge on any atom is -0.481 e. The maximum Gasteiger partial charge on any atom is 0.303 e. The van der Waals surface area contributed by atoms with Crippen LogP contribution in [0.3, 0.4) is 0 Å². The fourth-order valence-electron chi connectivity index (χ4n) is 2.14. The number of hydrogen-bond acceptors (Lipinski definition) is 4. The third kappa shape index (κ3) is 4.55. The summed E-state index contributed by atoms with van der Waals surface area (Å²) in [7, 11) is 1.90. The molecule has 17 heavy (non-hydrogen) atoms. The summed E-state index contributed by atoms with van der Waals surface area (Å²) in [6, 6.07) is 0.474. The Hall–Kier alpha value is -0.750. The van der Waals surface area contributed by atoms with Crippen molar-refractivity contribution in [3.05, 3.63) is 0 Å². The summed E-state index contributed by atoms with van der Waals surface area (Å²) in [5.74, 6) is 0.255. The summed E-state index contributed by atoms with van der Waals surface area (Å²) in [6.45, 7) is 0. The fourth-order valence-corrected chi connectivity index (χ4v) is 3.78. The summed E-state index contributed by atoms with van der Waals surface area (Å²) in [6.07, 6.45) is 3.56. The number of thioether (sulfide) groups is 1. The van der Waals surface area contributed by atoms with Crippen LogP contribution in [0.15, 0.2) is 0 Å². The second-order valence-corrected chi connectivity index (χ2v) is 5.49. The van der Waals surface area contributed by atoms with Crippen molar-refractivity contribution in [1.29, 1.82) is 0 Å². The van der Waals surface area contributed by atoms with Gasteiger partial charge in [0, 0.05) is 23.5 Å². The Morgan fingerprint density at radius 3 is 2.88 bits per heavy atom. The molecule has 1 fully saturated rings. The number of carboxylic acids is 1. The number of carbonyl (C=O) groups is 2. The molecule has 1 heterocycles. The molecule has 1 rings (SSSR count). The number of rotatable bonds is 8. The average molecular weight is 260 g/mol. The van der Waals surface area contributed by atoms with E-state index in [1.165, 1.54) is 0 Å². The lowest BCUT2D eigenvalue weighted by Crippen LogP contribution is -2.48. The molecule has 0 radical (unpaired) electrons. The van der Waals surface area contributed by atoms with Crippen LogP contribution in [0.5, 0.6) is 0 Å². The molecule has 3 atom stereocenters. The highest BCUT2D eigenvalue weighted by molar-refractivity contribution is 8.00. The molecule has 1 aliphatic heterocycles. The highest BCUT2D eigenvalue weighted by Gasteiger charge is 2.34. The van der Waals surface area contributed by atoms with E-state index < -0.39 is 5.97 Å². The van der Waals surface area contributed by atoms with Gasteiger partial charge >= 0.3 is 5.97 Å². The SMILES string of the molecule is CNC1CSC(CCCCC(=O)O)C1NC=O. The first kappa shape index (κ1) is 14.3. The number of aliphatic carboxylic acids is 1. The number of carboxylic acid groups (broad SMARTS) is 1. The van der Waals surface area contributed by atoms with E-state index in [1.807, 2.05) is 18.8 Å². The zero-order chi connectivity index (χ0) is 12.7. The van der Waals surface area contributed by atoms with E-state index >= 15 is 0 Å². The van der Waals surface area contributed by atoms with Crippen LogP contribution < -0.4 is 10.6 Å². The van der Waals surface area contributed by atoms with Gasteiger partial charge in [-0.1, -0.05) is 6.42 Å². The lowest BCUT2D eigenvalue weighted by molar-refractivity contribution is -0.137. The van der Waals surface area contributed by atoms with Gasteiger partial charge in [-0.2, -0.15) is 11.8 Å². The minimum atomic E-state index is -0.736. The largest absolute Gasteiger partial charge is 0.481 e. The molecule has 0 saturated carbocycles. The third-order valence-electron chi connectivity index (χ3n) is 3.08. The fraction of sp³-hybridized carbons (Fsp3) is 0.818. The maximum absolute atomic E-state index is 10.6. The maximum atomic E-state index is 10.6. The molecule has 1 aliphatic rings. The standard InChI is InChI=1S/C11H20N2O3S/c1-12-8-6-17-9(11(8)13-7-14)4-2-3-5-10(15)16/h7-9,11-12H,2-6H2,1H3,(H,13,14)(H,15,16). The van der Waals surface area contributed by atoms with E-state index in [0.717, 1.165) is 25.0 Å². The topological polar surface area (TPSA) is 78.4 Å². The Morgan fingerprint density at radius 2 is 2.29 bits per heavy atom. The third-order valence-corrected chi connectivity index (χ3v) is 4.59. The van der Waals surface area contributed by atoms with Crippen LogP contribution in [0, 0.1) is 0 Å². The van der Waals surface area contributed by atoms with E-state index in [2.05, 4.69) is 10.6 Å². The lowest BCUT2D eigenvalue weighted by Gasteiger charge is -2.22. The first-order valence-corrected chi connectivity index (χ1v) is 6.94. The Labute approximate surface area is 106 Å². The molecule has 5 nitrogen and oxygen atoms in total. The molecule has 0 aromatic carbocycles. The van der Waals surface area contributed by atoms with Gasteiger partial charge in [-0.3, -0.25) is 9.59 Å². The first-order chi connectivity index (χ1) is 8.19. The van der Waals surface area contributed by atoms with Crippen molar-refractivity contribution >= 4 is 24.1 Å². The molecule has 3 N–H and O–H groups in total. The molecule has 1 saturated heterocycles. The molecule has 6 heteroatoms. The molecular formula is C11H20N2O3S. The zero-order valence-electron chi connectivity index (χ0n) is 10.0. The Kier molecular flexibility index (Phi) is 6.36. The van der Waals surface area contributed by atoms with Gasteiger partial charge in [-0.05, 0) is 19.9 Å². The number of likely N-dealkylation sites (N-methyl/N-ethyl adjacent to an activating group) is 1. The molecule has 0 bridgehead atoms. The quantitative estimate of drug-likeness (QED) is 0.436. The van der Waals surface area contributed by atoms with Crippen molar-refractivity contribution in [2.75, 3.05) is 12.8 Å². The van der Waals surface area contributed by atoms with Crippen molar-refractivity contribution in [2.24, 2.45) is 0 Å². The van der Waals surface area contributed by atoms with E-state index in [0.29, 0.717) is 17.7 Å². The van der Waals surface area contributed by atoms with Crippen molar-refractivity contribution in [3.63, 3.8) is 0 Å². The minimum absolute atomic E-state index is 0.160. The van der Waals surface area contributed by atoms with Crippen molar-refractivity contribution in [3.8, 4) is 0 Å². The molecule has 98 valence electrons. The van der Waals surface area contributed by atoms with Gasteiger partial charge in [-0.25, -0.2) is 0 Å². The molecule has 0 spiro atoms. The normalized spacial score (nSPS) is 27.9. The summed E-state index contributed by atoms with van der Waals surface area (Å²) in [5.41, 5.74) is 0. The van der Waals surface area contributed by atoms with Crippen LogP contribution in [0.25, 0.3) is 0 Å². The smallest absolute Gasteiger partial charge is 0.303 e. The molecule has 3 unspecified atom stereocenters. The van der Waals surface area contributed by atoms with E-state index in [4.69, 9.17) is 5.11 Å². The predicted octanol–water partition coefficient (Wildman–Crippen LogP) is 0.449. The summed E-state index contributed by atoms with van der Waals surface area (Å²) >= 11 is 1.85. The van der Waals surface area contributed by atoms with Crippen LogP contribution in [-0.4, -0.2) is 47.6 Å². The van der Waals surface area contributed by atoms with E-state index in [-0.39, 0.29) is 12.5 Å². The van der Waals surface area contributed by atoms with E-state index in [1.54, 1.807) is 0 Å². The van der Waals surface area contributed by atoms with E-state index in [9.17, 15) is 9.59 Å². The average Bonchev–Trinajstić information content (AvgIpc) is 2.67. The Balaban J connectivity index is 2.31. The van der Waals surface area contributed by atoms with Crippen molar-refractivity contribution in [2.45, 2.75) is 43.0 Å².